The number of likely N-dealkylation sites (N-methyl/N-ethyl adjacent to an activating group) is 2. The van der Waals surface area contributed by atoms with Crippen molar-refractivity contribution in [1.29, 1.82) is 0 Å². The number of hydrogen-bond donors (Lipinski definition) is 3. The number of benzene rings is 4. The van der Waals surface area contributed by atoms with Crippen molar-refractivity contribution in [1.82, 2.24) is 44.9 Å². The lowest BCUT2D eigenvalue weighted by Gasteiger charge is -2.35. The van der Waals surface area contributed by atoms with Crippen LogP contribution in [0.2, 0.25) is 0 Å². The predicted molar refractivity (Wildman–Crippen MR) is 331 cm³/mol. The van der Waals surface area contributed by atoms with Gasteiger partial charge in [-0.2, -0.15) is 0 Å². The van der Waals surface area contributed by atoms with Crippen LogP contribution < -0.4 is 30.2 Å². The standard InChI is InChI=1S/C62H82BrN11O10S/c1-46(2)74(59(49-13-15-50(63)16-14-49)60(77)64-43-48-10-19-54(79-5)20-11-48)57(75)25-12-47-8-21-55(22-9-47)83-34-7-6-27-70(3)32-36-81-39-38-80-35-26-52-44-73(69-68-52)33-37-82-40-41-84-56-23-17-51(18-24-56)65-61(78)67-62-66-53(45-85-62)42-58(76)72-30-28-71(4)29-31-72/h8-11,13-24,44-46,59H,6-7,12,25-43H2,1-5H3,(H,64,77)(H2,65,66,67,78). The van der Waals surface area contributed by atoms with Gasteiger partial charge in [-0.3, -0.25) is 19.7 Å². The topological polar surface area (TPSA) is 216 Å². The van der Waals surface area contributed by atoms with Gasteiger partial charge in [0, 0.05) is 79.9 Å². The summed E-state index contributed by atoms with van der Waals surface area (Å²) in [5.41, 5.74) is 4.76. The lowest BCUT2D eigenvalue weighted by Crippen LogP contribution is -2.47. The van der Waals surface area contributed by atoms with Gasteiger partial charge >= 0.3 is 6.03 Å². The number of nitrogens with zero attached hydrogens (tertiary/aromatic N) is 8. The van der Waals surface area contributed by atoms with Crippen LogP contribution in [-0.4, -0.2) is 183 Å². The molecule has 2 aromatic heterocycles. The van der Waals surface area contributed by atoms with Gasteiger partial charge in [0.15, 0.2) is 5.13 Å². The first-order valence-electron chi connectivity index (χ1n) is 29.0. The highest BCUT2D eigenvalue weighted by atomic mass is 79.9. The van der Waals surface area contributed by atoms with E-state index in [1.165, 1.54) is 11.3 Å². The zero-order chi connectivity index (χ0) is 60.2. The Morgan fingerprint density at radius 3 is 2.08 bits per heavy atom. The summed E-state index contributed by atoms with van der Waals surface area (Å²) in [7, 11) is 5.76. The van der Waals surface area contributed by atoms with E-state index in [0.29, 0.717) is 114 Å². The molecule has 0 spiro atoms. The van der Waals surface area contributed by atoms with Gasteiger partial charge in [0.25, 0.3) is 0 Å². The lowest BCUT2D eigenvalue weighted by molar-refractivity contribution is -0.143. The van der Waals surface area contributed by atoms with Gasteiger partial charge in [-0.25, -0.2) is 14.5 Å². The molecule has 1 unspecified atom stereocenters. The van der Waals surface area contributed by atoms with E-state index in [-0.39, 0.29) is 36.6 Å². The highest BCUT2D eigenvalue weighted by Crippen LogP contribution is 2.28. The number of methoxy groups -OCH3 is 1. The molecule has 23 heteroatoms. The quantitative estimate of drug-likeness (QED) is 0.0316. The highest BCUT2D eigenvalue weighted by molar-refractivity contribution is 9.10. The van der Waals surface area contributed by atoms with Crippen LogP contribution in [0.4, 0.5) is 15.6 Å². The molecule has 0 saturated carbocycles. The van der Waals surface area contributed by atoms with Gasteiger partial charge in [0.1, 0.15) is 29.9 Å². The summed E-state index contributed by atoms with van der Waals surface area (Å²) in [5.74, 6) is 1.88. The van der Waals surface area contributed by atoms with Crippen LogP contribution in [0.5, 0.6) is 17.2 Å². The molecule has 0 aliphatic carbocycles. The maximum Gasteiger partial charge on any atom is 0.325 e. The number of aromatic nitrogens is 4. The number of carbonyl (C=O) groups is 4. The SMILES string of the molecule is COc1ccc(CNC(=O)C(c2ccc(Br)cc2)N(C(=O)CCc2ccc(OCCCCN(C)CCOCCOCCc3cn(CCOCCOc4ccc(NC(=O)Nc5nc(CC(=O)N6CCN(C)CC6)cs5)cc4)nn3)cc2)C(C)C)cc1. The number of nitrogens with one attached hydrogen (secondary N) is 3. The van der Waals surface area contributed by atoms with E-state index in [9.17, 15) is 19.2 Å². The molecule has 1 aliphatic rings. The molecular formula is C62H82BrN11O10S. The number of urea groups is 1. The molecule has 1 aliphatic heterocycles. The summed E-state index contributed by atoms with van der Waals surface area (Å²) in [4.78, 5) is 65.5. The summed E-state index contributed by atoms with van der Waals surface area (Å²) >= 11 is 4.78. The number of aryl methyl sites for hydroxylation is 1. The number of unbranched alkanes of at least 4 members (excludes halogenated alkanes) is 1. The van der Waals surface area contributed by atoms with E-state index < -0.39 is 12.1 Å². The fourth-order valence-electron chi connectivity index (χ4n) is 9.18. The molecule has 5 amide bonds. The first-order valence-corrected chi connectivity index (χ1v) is 30.7. The van der Waals surface area contributed by atoms with Gasteiger partial charge in [-0.05, 0) is 131 Å². The Kier molecular flexibility index (Phi) is 27.3. The summed E-state index contributed by atoms with van der Waals surface area (Å²) in [5, 5.41) is 19.3. The average molecular weight is 1250 g/mol. The van der Waals surface area contributed by atoms with Crippen molar-refractivity contribution in [2.45, 2.75) is 77.5 Å². The maximum atomic E-state index is 14.0. The molecule has 1 fully saturated rings. The van der Waals surface area contributed by atoms with Gasteiger partial charge in [-0.15, -0.1) is 16.4 Å². The van der Waals surface area contributed by atoms with Crippen LogP contribution in [0.3, 0.4) is 0 Å². The Hall–Kier alpha value is -6.99. The third kappa shape index (κ3) is 23.1. The van der Waals surface area contributed by atoms with Crippen molar-refractivity contribution in [3.63, 3.8) is 0 Å². The lowest BCUT2D eigenvalue weighted by atomic mass is 10.0. The van der Waals surface area contributed by atoms with Crippen LogP contribution >= 0.6 is 27.3 Å². The smallest absolute Gasteiger partial charge is 0.325 e. The van der Waals surface area contributed by atoms with Crippen LogP contribution in [0, 0.1) is 0 Å². The number of carbonyl (C=O) groups excluding carboxylic acids is 4. The number of hydrogen-bond acceptors (Lipinski definition) is 16. The van der Waals surface area contributed by atoms with Crippen LogP contribution in [0.15, 0.2) is 113 Å². The number of ether oxygens (including phenoxy) is 6. The van der Waals surface area contributed by atoms with E-state index in [2.05, 4.69) is 64.0 Å². The van der Waals surface area contributed by atoms with Crippen molar-refractivity contribution < 1.29 is 47.6 Å². The van der Waals surface area contributed by atoms with Gasteiger partial charge in [0.2, 0.25) is 17.7 Å². The molecule has 3 heterocycles. The second-order valence-electron chi connectivity index (χ2n) is 20.9. The molecule has 6 aromatic rings. The third-order valence-corrected chi connectivity index (χ3v) is 15.4. The van der Waals surface area contributed by atoms with E-state index in [0.717, 1.165) is 77.4 Å². The number of thiazole rings is 1. The Morgan fingerprint density at radius 2 is 1.36 bits per heavy atom. The molecule has 4 aromatic carbocycles. The Morgan fingerprint density at radius 1 is 0.706 bits per heavy atom. The molecule has 7 rings (SSSR count). The zero-order valence-electron chi connectivity index (χ0n) is 49.5. The fraction of sp³-hybridized carbons (Fsp3) is 0.468. The van der Waals surface area contributed by atoms with Crippen LogP contribution in [-0.2, 0) is 60.9 Å². The predicted octanol–water partition coefficient (Wildman–Crippen LogP) is 8.16. The maximum absolute atomic E-state index is 14.0. The molecule has 0 bridgehead atoms. The van der Waals surface area contributed by atoms with Crippen LogP contribution in [0.1, 0.15) is 67.2 Å². The average Bonchev–Trinajstić information content (AvgIpc) is 4.35. The fourth-order valence-corrected chi connectivity index (χ4v) is 10.2. The highest BCUT2D eigenvalue weighted by Gasteiger charge is 2.33. The van der Waals surface area contributed by atoms with Crippen molar-refractivity contribution in [3.05, 3.63) is 141 Å². The second kappa shape index (κ2) is 35.5. The number of halogens is 1. The van der Waals surface area contributed by atoms with E-state index in [4.69, 9.17) is 28.4 Å². The molecular weight excluding hydrogens is 1170 g/mol. The Balaban J connectivity index is 0.663. The normalized spacial score (nSPS) is 13.0. The minimum absolute atomic E-state index is 0.0463. The molecule has 85 heavy (non-hydrogen) atoms. The van der Waals surface area contributed by atoms with Gasteiger partial charge < -0.3 is 58.7 Å². The first-order chi connectivity index (χ1) is 41.3. The molecule has 21 nitrogen and oxygen atoms in total. The van der Waals surface area contributed by atoms with E-state index >= 15 is 0 Å². The Labute approximate surface area is 511 Å². The van der Waals surface area contributed by atoms with Crippen LogP contribution in [0.25, 0.3) is 0 Å². The summed E-state index contributed by atoms with van der Waals surface area (Å²) in [6, 6.07) is 28.6. The van der Waals surface area contributed by atoms with Crippen molar-refractivity contribution >= 4 is 61.8 Å². The van der Waals surface area contributed by atoms with Crippen molar-refractivity contribution in [2.75, 3.05) is 124 Å². The third-order valence-electron chi connectivity index (χ3n) is 14.0. The molecule has 0 radical (unpaired) electrons. The summed E-state index contributed by atoms with van der Waals surface area (Å²) in [6.07, 6.45) is 5.44. The number of rotatable bonds is 36. The van der Waals surface area contributed by atoms with E-state index in [1.54, 1.807) is 46.3 Å². The number of amides is 5. The largest absolute Gasteiger partial charge is 0.497 e. The van der Waals surface area contributed by atoms with Crippen molar-refractivity contribution in [3.8, 4) is 17.2 Å². The number of piperazine rings is 1. The van der Waals surface area contributed by atoms with Gasteiger partial charge in [-0.1, -0.05) is 57.5 Å². The van der Waals surface area contributed by atoms with Crippen molar-refractivity contribution in [2.24, 2.45) is 0 Å². The molecule has 3 N–H and O–H groups in total. The second-order valence-corrected chi connectivity index (χ2v) is 22.7. The minimum atomic E-state index is -0.797. The first kappa shape index (κ1) is 65.6. The monoisotopic (exact) mass is 1250 g/mol. The van der Waals surface area contributed by atoms with Gasteiger partial charge in [0.05, 0.1) is 77.7 Å². The molecule has 1 atom stereocenters. The molecule has 1 saturated heterocycles. The summed E-state index contributed by atoms with van der Waals surface area (Å²) < 4.78 is 37.1. The Bertz CT molecular complexity index is 2940. The minimum Gasteiger partial charge on any atom is -0.497 e. The number of anilines is 2. The van der Waals surface area contributed by atoms with E-state index in [1.807, 2.05) is 105 Å². The summed E-state index contributed by atoms with van der Waals surface area (Å²) in [6.45, 7) is 13.6. The zero-order valence-corrected chi connectivity index (χ0v) is 52.0. The molecule has 458 valence electrons.